The Kier molecular flexibility index (Phi) is 5.66. The summed E-state index contributed by atoms with van der Waals surface area (Å²) < 4.78 is 0.681. The summed E-state index contributed by atoms with van der Waals surface area (Å²) in [6, 6.07) is 5.11. The van der Waals surface area contributed by atoms with Crippen LogP contribution in [0.1, 0.15) is 34.6 Å². The van der Waals surface area contributed by atoms with Crippen molar-refractivity contribution in [1.29, 1.82) is 0 Å². The molecule has 0 atom stereocenters. The quantitative estimate of drug-likeness (QED) is 0.756. The Hall–Kier alpha value is -0.760. The monoisotopic (exact) mass is 392 g/mol. The van der Waals surface area contributed by atoms with Crippen molar-refractivity contribution in [2.24, 2.45) is 5.73 Å². The number of primary amides is 1. The summed E-state index contributed by atoms with van der Waals surface area (Å²) >= 11 is 3.66. The minimum atomic E-state index is -0.585. The first-order chi connectivity index (χ1) is 8.78. The van der Waals surface area contributed by atoms with Crippen LogP contribution < -0.4 is 11.1 Å². The van der Waals surface area contributed by atoms with E-state index in [1.165, 1.54) is 0 Å². The second-order valence-corrected chi connectivity index (χ2v) is 6.83. The molecule has 4 nitrogen and oxygen atoms in total. The van der Waals surface area contributed by atoms with Gasteiger partial charge in [-0.25, -0.2) is 0 Å². The Labute approximate surface area is 131 Å². The molecule has 0 aliphatic rings. The number of nitrogens with one attached hydrogen (secondary N) is 1. The zero-order chi connectivity index (χ0) is 14.6. The number of rotatable bonds is 5. The molecule has 1 aromatic carbocycles. The van der Waals surface area contributed by atoms with Gasteiger partial charge in [-0.3, -0.25) is 9.59 Å². The van der Waals surface area contributed by atoms with Gasteiger partial charge < -0.3 is 11.1 Å². The molecule has 0 aliphatic heterocycles. The first kappa shape index (κ1) is 16.3. The van der Waals surface area contributed by atoms with Crippen LogP contribution in [-0.2, 0) is 0 Å². The first-order valence-corrected chi connectivity index (χ1v) is 8.15. The van der Waals surface area contributed by atoms with Crippen molar-refractivity contribution in [3.63, 3.8) is 0 Å². The Morgan fingerprint density at radius 2 is 2.05 bits per heavy atom. The van der Waals surface area contributed by atoms with Gasteiger partial charge in [-0.05, 0) is 54.8 Å². The Balaban J connectivity index is 3.07. The molecule has 0 aliphatic carbocycles. The Morgan fingerprint density at radius 3 is 2.58 bits per heavy atom. The third kappa shape index (κ3) is 4.38. The van der Waals surface area contributed by atoms with Crippen LogP contribution in [0.5, 0.6) is 0 Å². The summed E-state index contributed by atoms with van der Waals surface area (Å²) in [5, 5.41) is 2.93. The molecule has 0 saturated carbocycles. The maximum atomic E-state index is 12.3. The van der Waals surface area contributed by atoms with E-state index in [1.54, 1.807) is 30.0 Å². The van der Waals surface area contributed by atoms with Crippen molar-refractivity contribution in [1.82, 2.24) is 5.32 Å². The molecule has 19 heavy (non-hydrogen) atoms. The van der Waals surface area contributed by atoms with Gasteiger partial charge in [-0.1, -0.05) is 6.07 Å². The van der Waals surface area contributed by atoms with Gasteiger partial charge in [0.05, 0.1) is 11.1 Å². The topological polar surface area (TPSA) is 72.2 Å². The fraction of sp³-hybridized carbons (Fsp3) is 0.385. The predicted octanol–water partition coefficient (Wildman–Crippen LogP) is 2.26. The third-order valence-electron chi connectivity index (χ3n) is 2.46. The summed E-state index contributed by atoms with van der Waals surface area (Å²) in [4.78, 5) is 23.8. The van der Waals surface area contributed by atoms with E-state index in [0.29, 0.717) is 9.13 Å². The molecule has 0 heterocycles. The number of hydrogen-bond acceptors (Lipinski definition) is 3. The van der Waals surface area contributed by atoms with Crippen LogP contribution in [0.2, 0.25) is 0 Å². The van der Waals surface area contributed by atoms with Gasteiger partial charge in [-0.15, -0.1) is 0 Å². The van der Waals surface area contributed by atoms with E-state index >= 15 is 0 Å². The van der Waals surface area contributed by atoms with Gasteiger partial charge in [-0.2, -0.15) is 11.8 Å². The lowest BCUT2D eigenvalue weighted by Crippen LogP contribution is -2.46. The fourth-order valence-corrected chi connectivity index (χ4v) is 3.29. The van der Waals surface area contributed by atoms with Gasteiger partial charge >= 0.3 is 0 Å². The molecule has 0 unspecified atom stereocenters. The maximum absolute atomic E-state index is 12.3. The zero-order valence-electron chi connectivity index (χ0n) is 11.1. The van der Waals surface area contributed by atoms with Gasteiger partial charge in [0.1, 0.15) is 0 Å². The molecular weight excluding hydrogens is 375 g/mol. The molecule has 1 rings (SSSR count). The van der Waals surface area contributed by atoms with Crippen LogP contribution in [0.25, 0.3) is 0 Å². The number of thioether (sulfide) groups is 1. The van der Waals surface area contributed by atoms with Crippen LogP contribution in [-0.4, -0.2) is 29.4 Å². The number of hydrogen-bond donors (Lipinski definition) is 2. The highest BCUT2D eigenvalue weighted by molar-refractivity contribution is 14.1. The zero-order valence-corrected chi connectivity index (χ0v) is 14.1. The number of benzene rings is 1. The molecule has 6 heteroatoms. The number of amides is 2. The smallest absolute Gasteiger partial charge is 0.252 e. The van der Waals surface area contributed by atoms with Crippen molar-refractivity contribution in [2.45, 2.75) is 19.4 Å². The van der Waals surface area contributed by atoms with E-state index in [2.05, 4.69) is 5.32 Å². The van der Waals surface area contributed by atoms with E-state index in [1.807, 2.05) is 42.7 Å². The molecule has 0 saturated heterocycles. The Morgan fingerprint density at radius 1 is 1.42 bits per heavy atom. The summed E-state index contributed by atoms with van der Waals surface area (Å²) in [6.07, 6.45) is 1.98. The molecule has 0 aromatic heterocycles. The highest BCUT2D eigenvalue weighted by atomic mass is 127. The second-order valence-electron chi connectivity index (χ2n) is 4.80. The maximum Gasteiger partial charge on any atom is 0.252 e. The number of nitrogens with two attached hydrogens (primary N) is 1. The first-order valence-electron chi connectivity index (χ1n) is 5.68. The normalized spacial score (nSPS) is 11.2. The minimum absolute atomic E-state index is 0.272. The van der Waals surface area contributed by atoms with E-state index in [9.17, 15) is 9.59 Å². The van der Waals surface area contributed by atoms with Crippen molar-refractivity contribution in [3.8, 4) is 0 Å². The highest BCUT2D eigenvalue weighted by Crippen LogP contribution is 2.18. The number of carbonyl (C=O) groups excluding carboxylic acids is 2. The Bertz CT molecular complexity index is 503. The van der Waals surface area contributed by atoms with Crippen LogP contribution in [0.3, 0.4) is 0 Å². The molecule has 0 spiro atoms. The SMILES string of the molecule is CSCC(C)(C)NC(=O)c1cccc(I)c1C(N)=O. The van der Waals surface area contributed by atoms with Gasteiger partial charge in [0, 0.05) is 14.9 Å². The number of carbonyl (C=O) groups is 2. The van der Waals surface area contributed by atoms with E-state index in [-0.39, 0.29) is 17.0 Å². The molecule has 2 amide bonds. The molecule has 1 aromatic rings. The molecule has 0 radical (unpaired) electrons. The molecular formula is C13H17IN2O2S. The summed E-state index contributed by atoms with van der Waals surface area (Å²) in [5.41, 5.74) is 5.61. The average molecular weight is 392 g/mol. The van der Waals surface area contributed by atoms with E-state index in [0.717, 1.165) is 5.75 Å². The summed E-state index contributed by atoms with van der Waals surface area (Å²) in [5.74, 6) is -0.0710. The third-order valence-corrected chi connectivity index (χ3v) is 4.37. The average Bonchev–Trinajstić information content (AvgIpc) is 2.27. The summed E-state index contributed by atoms with van der Waals surface area (Å²) in [7, 11) is 0. The number of halogens is 1. The lowest BCUT2D eigenvalue weighted by Gasteiger charge is -2.25. The van der Waals surface area contributed by atoms with Crippen molar-refractivity contribution in [3.05, 3.63) is 32.9 Å². The van der Waals surface area contributed by atoms with Crippen LogP contribution in [0, 0.1) is 3.57 Å². The lowest BCUT2D eigenvalue weighted by atomic mass is 10.0. The van der Waals surface area contributed by atoms with Crippen LogP contribution in [0.4, 0.5) is 0 Å². The predicted molar refractivity (Wildman–Crippen MR) is 87.6 cm³/mol. The van der Waals surface area contributed by atoms with Crippen molar-refractivity contribution >= 4 is 46.2 Å². The standard InChI is InChI=1S/C13H17IN2O2S/c1-13(2,7-19-3)16-12(18)8-5-4-6-9(14)10(8)11(15)17/h4-6H,7H2,1-3H3,(H2,15,17)(H,16,18). The second kappa shape index (κ2) is 6.60. The molecule has 104 valence electrons. The largest absolute Gasteiger partial charge is 0.366 e. The molecule has 0 bridgehead atoms. The summed E-state index contributed by atoms with van der Waals surface area (Å²) in [6.45, 7) is 3.89. The van der Waals surface area contributed by atoms with Crippen molar-refractivity contribution < 1.29 is 9.59 Å². The minimum Gasteiger partial charge on any atom is -0.366 e. The van der Waals surface area contributed by atoms with E-state index in [4.69, 9.17) is 5.73 Å². The molecule has 3 N–H and O–H groups in total. The van der Waals surface area contributed by atoms with Crippen molar-refractivity contribution in [2.75, 3.05) is 12.0 Å². The van der Waals surface area contributed by atoms with Gasteiger partial charge in [0.2, 0.25) is 0 Å². The van der Waals surface area contributed by atoms with Crippen LogP contribution >= 0.6 is 34.4 Å². The van der Waals surface area contributed by atoms with Gasteiger partial charge in [0.15, 0.2) is 0 Å². The van der Waals surface area contributed by atoms with Gasteiger partial charge in [0.25, 0.3) is 11.8 Å². The van der Waals surface area contributed by atoms with Crippen LogP contribution in [0.15, 0.2) is 18.2 Å². The van der Waals surface area contributed by atoms with E-state index < -0.39 is 5.91 Å². The molecule has 0 fully saturated rings. The lowest BCUT2D eigenvalue weighted by molar-refractivity contribution is 0.0907. The fourth-order valence-electron chi connectivity index (χ4n) is 1.74. The highest BCUT2D eigenvalue weighted by Gasteiger charge is 2.24.